The lowest BCUT2D eigenvalue weighted by molar-refractivity contribution is -0.138. The molecule has 0 aromatic heterocycles. The summed E-state index contributed by atoms with van der Waals surface area (Å²) in [6, 6.07) is 14.4. The van der Waals surface area contributed by atoms with Gasteiger partial charge in [0.15, 0.2) is 0 Å². The highest BCUT2D eigenvalue weighted by Crippen LogP contribution is 2.33. The Labute approximate surface area is 177 Å². The molecule has 158 valence electrons. The number of hydrogen-bond donors (Lipinski definition) is 1. The van der Waals surface area contributed by atoms with Gasteiger partial charge in [-0.15, -0.1) is 0 Å². The van der Waals surface area contributed by atoms with Crippen LogP contribution >= 0.6 is 0 Å². The van der Waals surface area contributed by atoms with Crippen LogP contribution in [0.2, 0.25) is 0 Å². The minimum atomic E-state index is -0.335. The van der Waals surface area contributed by atoms with E-state index >= 15 is 0 Å². The lowest BCUT2D eigenvalue weighted by Crippen LogP contribution is -2.38. The molecule has 0 spiro atoms. The molecule has 0 radical (unpaired) electrons. The van der Waals surface area contributed by atoms with Crippen molar-refractivity contribution in [2.45, 2.75) is 40.2 Å². The average molecular weight is 408 g/mol. The van der Waals surface area contributed by atoms with Gasteiger partial charge in [-0.2, -0.15) is 0 Å². The van der Waals surface area contributed by atoms with Gasteiger partial charge >= 0.3 is 0 Å². The predicted molar refractivity (Wildman–Crippen MR) is 117 cm³/mol. The number of anilines is 1. The number of nitrogens with one attached hydrogen (secondary N) is 1. The van der Waals surface area contributed by atoms with Crippen LogP contribution in [0.4, 0.5) is 5.69 Å². The molecule has 0 bridgehead atoms. The zero-order chi connectivity index (χ0) is 21.7. The van der Waals surface area contributed by atoms with Gasteiger partial charge in [0, 0.05) is 17.8 Å². The fourth-order valence-electron chi connectivity index (χ4n) is 3.31. The number of rotatable bonds is 9. The monoisotopic (exact) mass is 408 g/mol. The quantitative estimate of drug-likeness (QED) is 0.620. The second-order valence-electron chi connectivity index (χ2n) is 7.28. The molecule has 0 saturated carbocycles. The van der Waals surface area contributed by atoms with Gasteiger partial charge in [0.25, 0.3) is 11.8 Å². The first kappa shape index (κ1) is 21.4. The van der Waals surface area contributed by atoms with Crippen molar-refractivity contribution in [2.24, 2.45) is 0 Å². The summed E-state index contributed by atoms with van der Waals surface area (Å²) in [5.41, 5.74) is 1.98. The number of carbonyl (C=O) groups excluding carboxylic acids is 2. The van der Waals surface area contributed by atoms with Crippen LogP contribution in [0, 0.1) is 0 Å². The van der Waals surface area contributed by atoms with E-state index < -0.39 is 0 Å². The first-order chi connectivity index (χ1) is 14.5. The number of hydrogen-bond acceptors (Lipinski definition) is 5. The second-order valence-corrected chi connectivity index (χ2v) is 7.28. The Morgan fingerprint density at radius 3 is 2.30 bits per heavy atom. The summed E-state index contributed by atoms with van der Waals surface area (Å²) >= 11 is 0. The molecule has 2 aromatic carbocycles. The van der Waals surface area contributed by atoms with Crippen molar-refractivity contribution in [2.75, 3.05) is 18.5 Å². The van der Waals surface area contributed by atoms with E-state index in [2.05, 4.69) is 5.32 Å². The van der Waals surface area contributed by atoms with E-state index in [1.165, 1.54) is 4.90 Å². The van der Waals surface area contributed by atoms with E-state index in [0.717, 1.165) is 12.2 Å². The number of imide groups is 1. The summed E-state index contributed by atoms with van der Waals surface area (Å²) in [5.74, 6) is 0.788. The van der Waals surface area contributed by atoms with Crippen molar-refractivity contribution >= 4 is 23.1 Å². The molecular formula is C24H28N2O4. The first-order valence-electron chi connectivity index (χ1n) is 10.3. The summed E-state index contributed by atoms with van der Waals surface area (Å²) in [4.78, 5) is 27.5. The van der Waals surface area contributed by atoms with Crippen molar-refractivity contribution < 1.29 is 19.1 Å². The van der Waals surface area contributed by atoms with Crippen molar-refractivity contribution in [1.29, 1.82) is 0 Å². The highest BCUT2D eigenvalue weighted by Gasteiger charge is 2.40. The van der Waals surface area contributed by atoms with Gasteiger partial charge in [0.05, 0.1) is 18.8 Å². The van der Waals surface area contributed by atoms with Crippen molar-refractivity contribution in [1.82, 2.24) is 4.90 Å². The molecule has 3 rings (SSSR count). The van der Waals surface area contributed by atoms with E-state index in [0.29, 0.717) is 35.8 Å². The lowest BCUT2D eigenvalue weighted by Gasteiger charge is -2.19. The number of amides is 2. The largest absolute Gasteiger partial charge is 0.494 e. The summed E-state index contributed by atoms with van der Waals surface area (Å²) in [6.07, 6.45) is 0.915. The Hall–Kier alpha value is -3.28. The van der Waals surface area contributed by atoms with Crippen LogP contribution in [-0.4, -0.2) is 36.0 Å². The highest BCUT2D eigenvalue weighted by molar-refractivity contribution is 6.36. The Kier molecular flexibility index (Phi) is 6.77. The minimum Gasteiger partial charge on any atom is -0.494 e. The molecule has 0 saturated heterocycles. The van der Waals surface area contributed by atoms with Crippen LogP contribution in [0.3, 0.4) is 0 Å². The predicted octanol–water partition coefficient (Wildman–Crippen LogP) is 4.47. The molecule has 1 heterocycles. The average Bonchev–Trinajstić information content (AvgIpc) is 2.97. The first-order valence-corrected chi connectivity index (χ1v) is 10.3. The van der Waals surface area contributed by atoms with Gasteiger partial charge < -0.3 is 14.8 Å². The third-order valence-electron chi connectivity index (χ3n) is 4.66. The fourth-order valence-corrected chi connectivity index (χ4v) is 3.31. The highest BCUT2D eigenvalue weighted by atomic mass is 16.5. The van der Waals surface area contributed by atoms with Crippen molar-refractivity contribution in [3.63, 3.8) is 0 Å². The summed E-state index contributed by atoms with van der Waals surface area (Å²) in [5, 5.41) is 3.16. The SMILES string of the molecule is CCCOc1ccc(C2=C(Nc3cccc(OCC)c3)C(=O)N(C(C)C)C2=O)cc1. The topological polar surface area (TPSA) is 67.9 Å². The maximum atomic E-state index is 13.1. The van der Waals surface area contributed by atoms with Crippen LogP contribution in [-0.2, 0) is 9.59 Å². The van der Waals surface area contributed by atoms with Crippen LogP contribution in [0.5, 0.6) is 11.5 Å². The van der Waals surface area contributed by atoms with Crippen LogP contribution in [0.15, 0.2) is 54.2 Å². The van der Waals surface area contributed by atoms with Gasteiger partial charge in [0.2, 0.25) is 0 Å². The van der Waals surface area contributed by atoms with E-state index in [4.69, 9.17) is 9.47 Å². The van der Waals surface area contributed by atoms with Crippen molar-refractivity contribution in [3.8, 4) is 11.5 Å². The molecule has 2 amide bonds. The standard InChI is InChI=1S/C24H28N2O4/c1-5-14-30-19-12-10-17(11-13-19)21-22(24(28)26(16(3)4)23(21)27)25-18-8-7-9-20(15-18)29-6-2/h7-13,15-16,25H,5-6,14H2,1-4H3. The molecule has 6 heteroatoms. The van der Waals surface area contributed by atoms with Crippen molar-refractivity contribution in [3.05, 3.63) is 59.8 Å². The van der Waals surface area contributed by atoms with Crippen LogP contribution < -0.4 is 14.8 Å². The third kappa shape index (κ3) is 4.48. The van der Waals surface area contributed by atoms with Gasteiger partial charge in [-0.1, -0.05) is 25.1 Å². The number of carbonyl (C=O) groups is 2. The van der Waals surface area contributed by atoms with Crippen LogP contribution in [0.1, 0.15) is 39.7 Å². The molecule has 6 nitrogen and oxygen atoms in total. The van der Waals surface area contributed by atoms with Gasteiger partial charge in [-0.05, 0) is 57.0 Å². The van der Waals surface area contributed by atoms with Gasteiger partial charge in [0.1, 0.15) is 17.2 Å². The molecule has 30 heavy (non-hydrogen) atoms. The lowest BCUT2D eigenvalue weighted by atomic mass is 10.0. The molecule has 0 atom stereocenters. The molecule has 1 aliphatic heterocycles. The zero-order valence-electron chi connectivity index (χ0n) is 17.9. The molecule has 1 aliphatic rings. The molecule has 0 unspecified atom stereocenters. The molecule has 0 fully saturated rings. The minimum absolute atomic E-state index is 0.249. The molecule has 0 aliphatic carbocycles. The maximum Gasteiger partial charge on any atom is 0.278 e. The summed E-state index contributed by atoms with van der Waals surface area (Å²) < 4.78 is 11.2. The number of nitrogens with zero attached hydrogens (tertiary/aromatic N) is 1. The van der Waals surface area contributed by atoms with E-state index in [-0.39, 0.29) is 23.6 Å². The summed E-state index contributed by atoms with van der Waals surface area (Å²) in [6.45, 7) is 8.78. The summed E-state index contributed by atoms with van der Waals surface area (Å²) in [7, 11) is 0. The Morgan fingerprint density at radius 1 is 0.933 bits per heavy atom. The zero-order valence-corrected chi connectivity index (χ0v) is 17.9. The fraction of sp³-hybridized carbons (Fsp3) is 0.333. The molecular weight excluding hydrogens is 380 g/mol. The second kappa shape index (κ2) is 9.48. The molecule has 2 aromatic rings. The smallest absolute Gasteiger partial charge is 0.278 e. The molecule has 1 N–H and O–H groups in total. The van der Waals surface area contributed by atoms with Gasteiger partial charge in [-0.25, -0.2) is 0 Å². The Morgan fingerprint density at radius 2 is 1.67 bits per heavy atom. The Balaban J connectivity index is 1.99. The third-order valence-corrected chi connectivity index (χ3v) is 4.66. The van der Waals surface area contributed by atoms with E-state index in [1.807, 2.05) is 76.2 Å². The van der Waals surface area contributed by atoms with Crippen LogP contribution in [0.25, 0.3) is 5.57 Å². The normalized spacial score (nSPS) is 14.0. The van der Waals surface area contributed by atoms with Gasteiger partial charge in [-0.3, -0.25) is 14.5 Å². The van der Waals surface area contributed by atoms with E-state index in [9.17, 15) is 9.59 Å². The number of ether oxygens (including phenoxy) is 2. The maximum absolute atomic E-state index is 13.1. The Bertz CT molecular complexity index is 948. The number of benzene rings is 2. The van der Waals surface area contributed by atoms with E-state index in [1.54, 1.807) is 0 Å².